The maximum atomic E-state index is 6.02. The Morgan fingerprint density at radius 1 is 1.50 bits per heavy atom. The zero-order valence-corrected chi connectivity index (χ0v) is 11.8. The topological polar surface area (TPSA) is 64.5 Å². The van der Waals surface area contributed by atoms with E-state index in [1.165, 1.54) is 0 Å². The summed E-state index contributed by atoms with van der Waals surface area (Å²) in [4.78, 5) is 2.21. The molecule has 0 radical (unpaired) electrons. The first-order valence-electron chi connectivity index (χ1n) is 6.40. The minimum Gasteiger partial charge on any atom is -0.377 e. The Balaban J connectivity index is 2.32. The van der Waals surface area contributed by atoms with E-state index in [1.54, 1.807) is 7.11 Å². The van der Waals surface area contributed by atoms with E-state index in [2.05, 4.69) is 31.0 Å². The van der Waals surface area contributed by atoms with E-state index in [1.807, 2.05) is 6.07 Å². The smallest absolute Gasteiger partial charge is 0.162 e. The molecular formula is C13H25N3O2. The van der Waals surface area contributed by atoms with Crippen LogP contribution in [0.5, 0.6) is 0 Å². The third kappa shape index (κ3) is 5.16. The summed E-state index contributed by atoms with van der Waals surface area (Å²) in [5, 5.41) is 4.01. The van der Waals surface area contributed by atoms with Crippen LogP contribution in [0.3, 0.4) is 0 Å². The van der Waals surface area contributed by atoms with Gasteiger partial charge >= 0.3 is 0 Å². The van der Waals surface area contributed by atoms with Crippen molar-refractivity contribution in [1.29, 1.82) is 0 Å². The Morgan fingerprint density at radius 2 is 2.22 bits per heavy atom. The first kappa shape index (κ1) is 15.1. The summed E-state index contributed by atoms with van der Waals surface area (Å²) in [7, 11) is 3.71. The average molecular weight is 255 g/mol. The fourth-order valence-corrected chi connectivity index (χ4v) is 1.70. The summed E-state index contributed by atoms with van der Waals surface area (Å²) in [6.07, 6.45) is 0.997. The number of hydrogen-bond acceptors (Lipinski definition) is 5. The van der Waals surface area contributed by atoms with Gasteiger partial charge in [-0.3, -0.25) is 0 Å². The van der Waals surface area contributed by atoms with Gasteiger partial charge in [-0.15, -0.1) is 0 Å². The van der Waals surface area contributed by atoms with E-state index in [9.17, 15) is 0 Å². The second-order valence-corrected chi connectivity index (χ2v) is 5.15. The molecule has 0 spiro atoms. The summed E-state index contributed by atoms with van der Waals surface area (Å²) in [5.41, 5.74) is 6.96. The van der Waals surface area contributed by atoms with Crippen molar-refractivity contribution in [2.24, 2.45) is 11.7 Å². The highest BCUT2D eigenvalue weighted by Gasteiger charge is 2.11. The second-order valence-electron chi connectivity index (χ2n) is 5.15. The van der Waals surface area contributed by atoms with E-state index < -0.39 is 0 Å². The van der Waals surface area contributed by atoms with Crippen molar-refractivity contribution in [3.63, 3.8) is 0 Å². The summed E-state index contributed by atoms with van der Waals surface area (Å²) in [6, 6.07) is 2.19. The molecule has 1 unspecified atom stereocenters. The lowest BCUT2D eigenvalue weighted by molar-refractivity contribution is 0.155. The van der Waals surface area contributed by atoms with Gasteiger partial charge in [-0.2, -0.15) is 0 Å². The lowest BCUT2D eigenvalue weighted by Crippen LogP contribution is -2.31. The van der Waals surface area contributed by atoms with Crippen molar-refractivity contribution >= 4 is 0 Å². The minimum atomic E-state index is 0.258. The van der Waals surface area contributed by atoms with Crippen LogP contribution in [0.15, 0.2) is 10.6 Å². The van der Waals surface area contributed by atoms with E-state index in [-0.39, 0.29) is 6.04 Å². The molecule has 5 heteroatoms. The van der Waals surface area contributed by atoms with E-state index >= 15 is 0 Å². The predicted octanol–water partition coefficient (Wildman–Crippen LogP) is 1.63. The molecule has 0 aliphatic carbocycles. The zero-order valence-electron chi connectivity index (χ0n) is 11.8. The number of aromatic nitrogens is 1. The van der Waals surface area contributed by atoms with Crippen molar-refractivity contribution in [2.75, 3.05) is 20.7 Å². The quantitative estimate of drug-likeness (QED) is 0.765. The molecule has 104 valence electrons. The average Bonchev–Trinajstić information content (AvgIpc) is 2.73. The van der Waals surface area contributed by atoms with Gasteiger partial charge < -0.3 is 19.9 Å². The van der Waals surface area contributed by atoms with Crippen LogP contribution >= 0.6 is 0 Å². The minimum absolute atomic E-state index is 0.258. The van der Waals surface area contributed by atoms with E-state index in [4.69, 9.17) is 15.0 Å². The number of hydrogen-bond donors (Lipinski definition) is 1. The van der Waals surface area contributed by atoms with Crippen LogP contribution in [-0.2, 0) is 17.9 Å². The van der Waals surface area contributed by atoms with Gasteiger partial charge in [-0.05, 0) is 25.9 Å². The third-order valence-electron chi connectivity index (χ3n) is 3.03. The van der Waals surface area contributed by atoms with Crippen LogP contribution in [0, 0.1) is 5.92 Å². The van der Waals surface area contributed by atoms with Gasteiger partial charge in [0.05, 0.1) is 5.69 Å². The van der Waals surface area contributed by atoms with Crippen LogP contribution in [0.25, 0.3) is 0 Å². The highest BCUT2D eigenvalue weighted by molar-refractivity contribution is 5.04. The monoisotopic (exact) mass is 255 g/mol. The molecule has 0 aliphatic rings. The standard InChI is InChI=1S/C13H25N3O2/c1-10(2)13(14)5-6-16(3)8-11-7-12(9-17-4)18-15-11/h7,10,13H,5-6,8-9,14H2,1-4H3. The Hall–Kier alpha value is -0.910. The molecule has 1 heterocycles. The summed E-state index contributed by atoms with van der Waals surface area (Å²) >= 11 is 0. The van der Waals surface area contributed by atoms with E-state index in [0.29, 0.717) is 12.5 Å². The number of nitrogens with zero attached hydrogens (tertiary/aromatic N) is 2. The van der Waals surface area contributed by atoms with Crippen LogP contribution in [0.1, 0.15) is 31.7 Å². The van der Waals surface area contributed by atoms with E-state index in [0.717, 1.165) is 31.0 Å². The molecule has 0 bridgehead atoms. The van der Waals surface area contributed by atoms with Crippen molar-refractivity contribution in [3.05, 3.63) is 17.5 Å². The molecule has 1 atom stereocenters. The number of ether oxygens (including phenoxy) is 1. The summed E-state index contributed by atoms with van der Waals surface area (Å²) in [5.74, 6) is 1.29. The van der Waals surface area contributed by atoms with Gasteiger partial charge in [-0.25, -0.2) is 0 Å². The van der Waals surface area contributed by atoms with Crippen molar-refractivity contribution in [1.82, 2.24) is 10.1 Å². The molecule has 0 saturated carbocycles. The maximum Gasteiger partial charge on any atom is 0.162 e. The van der Waals surface area contributed by atoms with Crippen molar-refractivity contribution in [3.8, 4) is 0 Å². The van der Waals surface area contributed by atoms with Gasteiger partial charge in [-0.1, -0.05) is 19.0 Å². The molecule has 2 N–H and O–H groups in total. The highest BCUT2D eigenvalue weighted by Crippen LogP contribution is 2.09. The normalized spacial score (nSPS) is 13.5. The molecule has 1 aromatic heterocycles. The second kappa shape index (κ2) is 7.51. The van der Waals surface area contributed by atoms with Gasteiger partial charge in [0.2, 0.25) is 0 Å². The highest BCUT2D eigenvalue weighted by atomic mass is 16.5. The molecular weight excluding hydrogens is 230 g/mol. The Kier molecular flexibility index (Phi) is 6.32. The van der Waals surface area contributed by atoms with Gasteiger partial charge in [0.15, 0.2) is 5.76 Å². The fraction of sp³-hybridized carbons (Fsp3) is 0.769. The predicted molar refractivity (Wildman–Crippen MR) is 71.0 cm³/mol. The Bertz CT molecular complexity index is 339. The van der Waals surface area contributed by atoms with Crippen LogP contribution in [0.2, 0.25) is 0 Å². The molecule has 5 nitrogen and oxygen atoms in total. The van der Waals surface area contributed by atoms with Crippen LogP contribution in [-0.4, -0.2) is 36.8 Å². The van der Waals surface area contributed by atoms with Gasteiger partial charge in [0.1, 0.15) is 6.61 Å². The number of rotatable bonds is 8. The Morgan fingerprint density at radius 3 is 2.83 bits per heavy atom. The lowest BCUT2D eigenvalue weighted by atomic mass is 10.0. The molecule has 0 saturated heterocycles. The first-order chi connectivity index (χ1) is 8.52. The van der Waals surface area contributed by atoms with Crippen molar-refractivity contribution in [2.45, 2.75) is 39.5 Å². The molecule has 0 aromatic carbocycles. The van der Waals surface area contributed by atoms with Crippen LogP contribution < -0.4 is 5.73 Å². The third-order valence-corrected chi connectivity index (χ3v) is 3.03. The molecule has 18 heavy (non-hydrogen) atoms. The fourth-order valence-electron chi connectivity index (χ4n) is 1.70. The van der Waals surface area contributed by atoms with Gasteiger partial charge in [0, 0.05) is 25.8 Å². The summed E-state index contributed by atoms with van der Waals surface area (Å²) in [6.45, 7) is 6.51. The SMILES string of the molecule is COCc1cc(CN(C)CCC(N)C(C)C)no1. The molecule has 0 aliphatic heterocycles. The Labute approximate surface area is 109 Å². The maximum absolute atomic E-state index is 6.02. The van der Waals surface area contributed by atoms with Crippen LogP contribution in [0.4, 0.5) is 0 Å². The first-order valence-corrected chi connectivity index (χ1v) is 6.40. The molecule has 0 amide bonds. The zero-order chi connectivity index (χ0) is 13.5. The molecule has 0 fully saturated rings. The number of nitrogens with two attached hydrogens (primary N) is 1. The summed E-state index contributed by atoms with van der Waals surface area (Å²) < 4.78 is 10.1. The largest absolute Gasteiger partial charge is 0.377 e. The lowest BCUT2D eigenvalue weighted by Gasteiger charge is -2.20. The number of methoxy groups -OCH3 is 1. The molecule has 1 aromatic rings. The van der Waals surface area contributed by atoms with Crippen molar-refractivity contribution < 1.29 is 9.26 Å². The molecule has 1 rings (SSSR count). The van der Waals surface area contributed by atoms with Gasteiger partial charge in [0.25, 0.3) is 0 Å².